The van der Waals surface area contributed by atoms with Crippen molar-refractivity contribution in [2.75, 3.05) is 7.11 Å². The zero-order valence-corrected chi connectivity index (χ0v) is 22.4. The van der Waals surface area contributed by atoms with E-state index in [0.29, 0.717) is 12.8 Å². The second-order valence-electron chi connectivity index (χ2n) is 11.0. The molecule has 0 bridgehead atoms. The first-order valence-corrected chi connectivity index (χ1v) is 12.9. The van der Waals surface area contributed by atoms with E-state index in [9.17, 15) is 24.9 Å². The van der Waals surface area contributed by atoms with Gasteiger partial charge in [0.25, 0.3) is 0 Å². The van der Waals surface area contributed by atoms with Crippen molar-refractivity contribution >= 4 is 11.8 Å². The number of Topliss-reactive ketones (excluding diaryl/α,β-unsaturated/α-hetero) is 1. The summed E-state index contributed by atoms with van der Waals surface area (Å²) in [7, 11) is 1.52. The van der Waals surface area contributed by atoms with Crippen LogP contribution in [-0.2, 0) is 28.5 Å². The van der Waals surface area contributed by atoms with Gasteiger partial charge in [0.2, 0.25) is 0 Å². The van der Waals surface area contributed by atoms with Gasteiger partial charge >= 0.3 is 5.97 Å². The highest BCUT2D eigenvalue weighted by atomic mass is 16.7. The lowest BCUT2D eigenvalue weighted by molar-refractivity contribution is -0.296. The van der Waals surface area contributed by atoms with Crippen LogP contribution in [0.25, 0.3) is 0 Å². The van der Waals surface area contributed by atoms with Crippen LogP contribution in [0, 0.1) is 11.8 Å². The molecule has 9 nitrogen and oxygen atoms in total. The van der Waals surface area contributed by atoms with Gasteiger partial charge in [-0.3, -0.25) is 9.59 Å². The van der Waals surface area contributed by atoms with Crippen molar-refractivity contribution < 1.29 is 43.9 Å². The quantitative estimate of drug-likeness (QED) is 0.496. The number of carbonyl (C=O) groups excluding carboxylic acids is 2. The summed E-state index contributed by atoms with van der Waals surface area (Å²) in [5.41, 5.74) is -2.03. The van der Waals surface area contributed by atoms with Gasteiger partial charge in [0.05, 0.1) is 35.4 Å². The van der Waals surface area contributed by atoms with Gasteiger partial charge in [-0.1, -0.05) is 13.8 Å². The number of hydrogen-bond donors (Lipinski definition) is 3. The summed E-state index contributed by atoms with van der Waals surface area (Å²) in [6.07, 6.45) is -2.69. The molecule has 10 atom stereocenters. The van der Waals surface area contributed by atoms with Crippen LogP contribution in [0.3, 0.4) is 0 Å². The van der Waals surface area contributed by atoms with Gasteiger partial charge in [-0.05, 0) is 59.3 Å². The van der Waals surface area contributed by atoms with Crippen LogP contribution < -0.4 is 0 Å². The number of ether oxygens (including phenoxy) is 4. The zero-order valence-electron chi connectivity index (χ0n) is 22.4. The molecule has 9 unspecified atom stereocenters. The van der Waals surface area contributed by atoms with Gasteiger partial charge in [-0.25, -0.2) is 0 Å². The Labute approximate surface area is 209 Å². The number of aliphatic hydroxyl groups is 3. The Kier molecular flexibility index (Phi) is 10.7. The number of cyclic esters (lactones) is 1. The van der Waals surface area contributed by atoms with Crippen molar-refractivity contribution in [1.82, 2.24) is 0 Å². The Hall–Kier alpha value is -1.10. The highest BCUT2D eigenvalue weighted by Gasteiger charge is 2.47. The predicted molar refractivity (Wildman–Crippen MR) is 128 cm³/mol. The number of ketones is 1. The van der Waals surface area contributed by atoms with Crippen LogP contribution >= 0.6 is 0 Å². The normalized spacial score (nSPS) is 45.0. The fraction of sp³-hybridized carbons (Fsp3) is 0.923. The minimum absolute atomic E-state index is 0.0432. The Morgan fingerprint density at radius 3 is 2.34 bits per heavy atom. The maximum atomic E-state index is 13.2. The average Bonchev–Trinajstić information content (AvgIpc) is 2.79. The Bertz CT molecular complexity index is 711. The standard InChI is InChI=1S/C26H46O9/c1-8-20-19(28)10-9-18(27)11-12-25(5,31)13-15(2)22(16(3)24(30)34-20)35-21-14-26(6,32-7)23(29)17(4)33-21/h15-17,19-23,28-29,31H,8-14H2,1-7H3/t15?,16?,17?,19?,20?,21?,22?,23?,25-,26?/m0/s1. The topological polar surface area (TPSA) is 132 Å². The summed E-state index contributed by atoms with van der Waals surface area (Å²) in [6.45, 7) is 10.6. The summed E-state index contributed by atoms with van der Waals surface area (Å²) in [6, 6.07) is 0. The first-order valence-electron chi connectivity index (χ1n) is 12.9. The van der Waals surface area contributed by atoms with Gasteiger partial charge in [0.15, 0.2) is 6.29 Å². The number of esters is 1. The fourth-order valence-electron chi connectivity index (χ4n) is 5.28. The molecule has 2 saturated heterocycles. The smallest absolute Gasteiger partial charge is 0.311 e. The zero-order chi connectivity index (χ0) is 26.6. The van der Waals surface area contributed by atoms with E-state index in [0.717, 1.165) is 0 Å². The van der Waals surface area contributed by atoms with E-state index >= 15 is 0 Å². The summed E-state index contributed by atoms with van der Waals surface area (Å²) >= 11 is 0. The maximum Gasteiger partial charge on any atom is 0.311 e. The van der Waals surface area contributed by atoms with Crippen LogP contribution in [0.2, 0.25) is 0 Å². The van der Waals surface area contributed by atoms with Crippen molar-refractivity contribution in [3.05, 3.63) is 0 Å². The minimum atomic E-state index is -1.15. The highest BCUT2D eigenvalue weighted by Crippen LogP contribution is 2.36. The van der Waals surface area contributed by atoms with Crippen molar-refractivity contribution in [3.8, 4) is 0 Å². The molecule has 0 spiro atoms. The van der Waals surface area contributed by atoms with Crippen LogP contribution in [0.15, 0.2) is 0 Å². The van der Waals surface area contributed by atoms with Gasteiger partial charge in [-0.15, -0.1) is 0 Å². The Balaban J connectivity index is 2.32. The van der Waals surface area contributed by atoms with E-state index < -0.39 is 59.9 Å². The largest absolute Gasteiger partial charge is 0.459 e. The third-order valence-corrected chi connectivity index (χ3v) is 7.73. The third kappa shape index (κ3) is 7.94. The van der Waals surface area contributed by atoms with E-state index in [4.69, 9.17) is 18.9 Å². The Morgan fingerprint density at radius 2 is 1.74 bits per heavy atom. The lowest BCUT2D eigenvalue weighted by Crippen LogP contribution is -2.57. The van der Waals surface area contributed by atoms with Crippen LogP contribution in [0.5, 0.6) is 0 Å². The van der Waals surface area contributed by atoms with Crippen LogP contribution in [-0.4, -0.2) is 82.2 Å². The van der Waals surface area contributed by atoms with Crippen molar-refractivity contribution in [2.24, 2.45) is 11.8 Å². The summed E-state index contributed by atoms with van der Waals surface area (Å²) < 4.78 is 23.5. The van der Waals surface area contributed by atoms with E-state index in [1.807, 2.05) is 13.8 Å². The molecule has 0 aliphatic carbocycles. The van der Waals surface area contributed by atoms with Crippen molar-refractivity contribution in [1.29, 1.82) is 0 Å². The summed E-state index contributed by atoms with van der Waals surface area (Å²) in [4.78, 5) is 25.5. The second kappa shape index (κ2) is 12.4. The van der Waals surface area contributed by atoms with Crippen LogP contribution in [0.1, 0.15) is 86.5 Å². The molecule has 0 amide bonds. The van der Waals surface area contributed by atoms with E-state index in [2.05, 4.69) is 0 Å². The molecule has 0 aromatic heterocycles. The first kappa shape index (κ1) is 30.1. The number of hydrogen-bond acceptors (Lipinski definition) is 9. The SMILES string of the molecule is CCC1OC(=O)C(C)C(OC2CC(C)(OC)C(O)C(C)O2)C(C)C[C@@](C)(O)CCC(=O)CCC1O. The molecular weight excluding hydrogens is 456 g/mol. The molecule has 0 aromatic rings. The number of rotatable bonds is 4. The molecule has 0 aromatic carbocycles. The minimum Gasteiger partial charge on any atom is -0.459 e. The molecule has 0 saturated carbocycles. The first-order chi connectivity index (χ1) is 16.2. The Morgan fingerprint density at radius 1 is 1.09 bits per heavy atom. The highest BCUT2D eigenvalue weighted by molar-refractivity contribution is 5.78. The fourth-order valence-corrected chi connectivity index (χ4v) is 5.28. The van der Waals surface area contributed by atoms with Gasteiger partial charge < -0.3 is 34.3 Å². The number of carbonyl (C=O) groups is 2. The maximum absolute atomic E-state index is 13.2. The molecule has 2 fully saturated rings. The van der Waals surface area contributed by atoms with Gasteiger partial charge in [-0.2, -0.15) is 0 Å². The van der Waals surface area contributed by atoms with Gasteiger partial charge in [0.1, 0.15) is 18.0 Å². The van der Waals surface area contributed by atoms with E-state index in [-0.39, 0.29) is 43.8 Å². The van der Waals surface area contributed by atoms with Crippen molar-refractivity contribution in [2.45, 2.75) is 135 Å². The van der Waals surface area contributed by atoms with Crippen LogP contribution in [0.4, 0.5) is 0 Å². The lowest BCUT2D eigenvalue weighted by atomic mass is 9.81. The van der Waals surface area contributed by atoms with Crippen molar-refractivity contribution in [3.63, 3.8) is 0 Å². The average molecular weight is 503 g/mol. The molecule has 2 heterocycles. The summed E-state index contributed by atoms with van der Waals surface area (Å²) in [5.74, 6) is -1.58. The number of aliphatic hydroxyl groups excluding tert-OH is 2. The molecule has 3 N–H and O–H groups in total. The molecule has 9 heteroatoms. The monoisotopic (exact) mass is 502 g/mol. The van der Waals surface area contributed by atoms with E-state index in [1.165, 1.54) is 7.11 Å². The van der Waals surface area contributed by atoms with Gasteiger partial charge in [0, 0.05) is 26.4 Å². The molecule has 204 valence electrons. The number of methoxy groups -OCH3 is 1. The second-order valence-corrected chi connectivity index (χ2v) is 11.0. The molecular formula is C26H46O9. The summed E-state index contributed by atoms with van der Waals surface area (Å²) in [5, 5.41) is 32.1. The molecule has 0 radical (unpaired) electrons. The molecule has 35 heavy (non-hydrogen) atoms. The lowest BCUT2D eigenvalue weighted by Gasteiger charge is -2.46. The third-order valence-electron chi connectivity index (χ3n) is 7.73. The molecule has 2 rings (SSSR count). The predicted octanol–water partition coefficient (Wildman–Crippen LogP) is 2.51. The molecule has 2 aliphatic rings. The molecule has 2 aliphatic heterocycles. The van der Waals surface area contributed by atoms with E-state index in [1.54, 1.807) is 27.7 Å².